The van der Waals surface area contributed by atoms with Gasteiger partial charge in [-0.3, -0.25) is 9.59 Å². The summed E-state index contributed by atoms with van der Waals surface area (Å²) in [6.45, 7) is 1.87. The number of aryl methyl sites for hydroxylation is 2. The molecule has 5 nitrogen and oxygen atoms in total. The van der Waals surface area contributed by atoms with Crippen LogP contribution in [0.1, 0.15) is 28.9 Å². The summed E-state index contributed by atoms with van der Waals surface area (Å²) in [5, 5.41) is 5.17. The number of hydrogen-bond donors (Lipinski definition) is 2. The molecule has 6 heteroatoms. The third-order valence-corrected chi connectivity index (χ3v) is 4.30. The monoisotopic (exact) mass is 289 g/mol. The summed E-state index contributed by atoms with van der Waals surface area (Å²) in [6.07, 6.45) is 4.50. The average molecular weight is 289 g/mol. The predicted molar refractivity (Wildman–Crippen MR) is 78.3 cm³/mol. The molecule has 0 fully saturated rings. The molecule has 0 aromatic carbocycles. The molecule has 0 aliphatic heterocycles. The van der Waals surface area contributed by atoms with Crippen molar-refractivity contribution in [2.75, 3.05) is 5.32 Å². The Bertz CT molecular complexity index is 717. The number of nitrogens with one attached hydrogen (secondary N) is 2. The zero-order valence-corrected chi connectivity index (χ0v) is 12.0. The van der Waals surface area contributed by atoms with Crippen LogP contribution in [0.3, 0.4) is 0 Å². The molecule has 0 saturated carbocycles. The molecular weight excluding hydrogens is 274 g/mol. The second kappa shape index (κ2) is 5.20. The lowest BCUT2D eigenvalue weighted by Gasteiger charge is -2.04. The Morgan fingerprint density at radius 3 is 3.10 bits per heavy atom. The molecule has 0 radical (unpaired) electrons. The molecular formula is C14H15N3O2S. The normalized spacial score (nSPS) is 13.2. The van der Waals surface area contributed by atoms with Gasteiger partial charge in [0.15, 0.2) is 10.6 Å². The van der Waals surface area contributed by atoms with E-state index in [-0.39, 0.29) is 17.8 Å². The Balaban J connectivity index is 1.75. The van der Waals surface area contributed by atoms with Crippen molar-refractivity contribution in [1.29, 1.82) is 0 Å². The fraction of sp³-hybridized carbons (Fsp3) is 0.357. The van der Waals surface area contributed by atoms with Crippen molar-refractivity contribution in [3.63, 3.8) is 0 Å². The Hall–Kier alpha value is -1.95. The highest BCUT2D eigenvalue weighted by Gasteiger charge is 2.18. The van der Waals surface area contributed by atoms with Gasteiger partial charge in [-0.15, -0.1) is 11.3 Å². The van der Waals surface area contributed by atoms with E-state index < -0.39 is 0 Å². The van der Waals surface area contributed by atoms with Crippen LogP contribution < -0.4 is 10.7 Å². The van der Waals surface area contributed by atoms with Crippen LogP contribution in [0.4, 0.5) is 5.13 Å². The van der Waals surface area contributed by atoms with Gasteiger partial charge in [0.1, 0.15) is 0 Å². The standard InChI is InChI=1S/C14H15N3O2S/c1-8-7-20-14(16-8)17-12(18)5-9-6-15-11-4-2-3-10(11)13(9)19/h6-7H,2-5H2,1H3,(H,15,19)(H,16,17,18). The van der Waals surface area contributed by atoms with Gasteiger partial charge in [0, 0.05) is 28.4 Å². The molecule has 2 aromatic heterocycles. The number of carbonyl (C=O) groups excluding carboxylic acids is 1. The van der Waals surface area contributed by atoms with E-state index in [1.165, 1.54) is 11.3 Å². The second-order valence-electron chi connectivity index (χ2n) is 4.97. The molecule has 1 amide bonds. The zero-order valence-electron chi connectivity index (χ0n) is 11.2. The number of pyridine rings is 1. The van der Waals surface area contributed by atoms with Gasteiger partial charge < -0.3 is 10.3 Å². The van der Waals surface area contributed by atoms with E-state index in [0.29, 0.717) is 10.7 Å². The molecule has 20 heavy (non-hydrogen) atoms. The minimum atomic E-state index is -0.206. The molecule has 2 aromatic rings. The molecule has 0 saturated heterocycles. The zero-order chi connectivity index (χ0) is 14.1. The maximum absolute atomic E-state index is 12.2. The van der Waals surface area contributed by atoms with Crippen molar-refractivity contribution >= 4 is 22.4 Å². The van der Waals surface area contributed by atoms with Crippen molar-refractivity contribution in [3.8, 4) is 0 Å². The van der Waals surface area contributed by atoms with E-state index in [1.807, 2.05) is 12.3 Å². The number of rotatable bonds is 3. The molecule has 1 aliphatic rings. The fourth-order valence-electron chi connectivity index (χ4n) is 2.47. The Labute approximate surface area is 120 Å². The van der Waals surface area contributed by atoms with Gasteiger partial charge in [-0.2, -0.15) is 0 Å². The van der Waals surface area contributed by atoms with Gasteiger partial charge in [-0.25, -0.2) is 4.98 Å². The molecule has 0 atom stereocenters. The number of thiazole rings is 1. The Kier molecular flexibility index (Phi) is 3.40. The van der Waals surface area contributed by atoms with Crippen LogP contribution in [0.5, 0.6) is 0 Å². The number of hydrogen-bond acceptors (Lipinski definition) is 4. The van der Waals surface area contributed by atoms with Crippen LogP contribution >= 0.6 is 11.3 Å². The van der Waals surface area contributed by atoms with Crippen LogP contribution in [-0.4, -0.2) is 15.9 Å². The average Bonchev–Trinajstić information content (AvgIpc) is 3.02. The van der Waals surface area contributed by atoms with Crippen molar-refractivity contribution in [2.24, 2.45) is 0 Å². The van der Waals surface area contributed by atoms with E-state index in [0.717, 1.165) is 36.2 Å². The van der Waals surface area contributed by atoms with Crippen LogP contribution in [0.2, 0.25) is 0 Å². The molecule has 0 bridgehead atoms. The second-order valence-corrected chi connectivity index (χ2v) is 5.83. The van der Waals surface area contributed by atoms with Gasteiger partial charge >= 0.3 is 0 Å². The fourth-order valence-corrected chi connectivity index (χ4v) is 3.17. The first kappa shape index (κ1) is 13.1. The van der Waals surface area contributed by atoms with Crippen LogP contribution in [0.15, 0.2) is 16.4 Å². The van der Waals surface area contributed by atoms with E-state index >= 15 is 0 Å². The number of fused-ring (bicyclic) bond motifs is 1. The summed E-state index contributed by atoms with van der Waals surface area (Å²) in [5.74, 6) is -0.206. The minimum Gasteiger partial charge on any atom is -0.364 e. The van der Waals surface area contributed by atoms with E-state index in [9.17, 15) is 9.59 Å². The maximum atomic E-state index is 12.2. The van der Waals surface area contributed by atoms with Gasteiger partial charge in [-0.05, 0) is 26.2 Å². The number of amides is 1. The lowest BCUT2D eigenvalue weighted by Crippen LogP contribution is -2.22. The maximum Gasteiger partial charge on any atom is 0.230 e. The third kappa shape index (κ3) is 2.51. The first-order valence-corrected chi connectivity index (χ1v) is 7.46. The lowest BCUT2D eigenvalue weighted by atomic mass is 10.1. The van der Waals surface area contributed by atoms with Crippen LogP contribution in [0, 0.1) is 6.92 Å². The van der Waals surface area contributed by atoms with E-state index in [1.54, 1.807) is 6.20 Å². The van der Waals surface area contributed by atoms with Crippen molar-refractivity contribution in [3.05, 3.63) is 44.3 Å². The molecule has 2 heterocycles. The summed E-state index contributed by atoms with van der Waals surface area (Å²) in [4.78, 5) is 31.5. The summed E-state index contributed by atoms with van der Waals surface area (Å²) in [7, 11) is 0. The number of aromatic nitrogens is 2. The summed E-state index contributed by atoms with van der Waals surface area (Å²) >= 11 is 1.38. The highest BCUT2D eigenvalue weighted by atomic mass is 32.1. The van der Waals surface area contributed by atoms with E-state index in [4.69, 9.17) is 0 Å². The summed E-state index contributed by atoms with van der Waals surface area (Å²) in [5.41, 5.74) is 3.29. The Morgan fingerprint density at radius 2 is 2.35 bits per heavy atom. The highest BCUT2D eigenvalue weighted by Crippen LogP contribution is 2.17. The largest absolute Gasteiger partial charge is 0.364 e. The van der Waals surface area contributed by atoms with Crippen molar-refractivity contribution in [2.45, 2.75) is 32.6 Å². The third-order valence-electron chi connectivity index (χ3n) is 3.42. The highest BCUT2D eigenvalue weighted by molar-refractivity contribution is 7.13. The first-order chi connectivity index (χ1) is 9.63. The van der Waals surface area contributed by atoms with Crippen LogP contribution in [-0.2, 0) is 24.1 Å². The summed E-state index contributed by atoms with van der Waals surface area (Å²) < 4.78 is 0. The molecule has 0 unspecified atom stereocenters. The van der Waals surface area contributed by atoms with Gasteiger partial charge in [0.25, 0.3) is 0 Å². The van der Waals surface area contributed by atoms with Gasteiger partial charge in [0.2, 0.25) is 5.91 Å². The smallest absolute Gasteiger partial charge is 0.230 e. The quantitative estimate of drug-likeness (QED) is 0.905. The van der Waals surface area contributed by atoms with Crippen molar-refractivity contribution < 1.29 is 4.79 Å². The molecule has 3 rings (SSSR count). The number of H-pyrrole nitrogens is 1. The number of aromatic amines is 1. The van der Waals surface area contributed by atoms with Gasteiger partial charge in [-0.1, -0.05) is 0 Å². The predicted octanol–water partition coefficient (Wildman–Crippen LogP) is 1.81. The van der Waals surface area contributed by atoms with E-state index in [2.05, 4.69) is 15.3 Å². The first-order valence-electron chi connectivity index (χ1n) is 6.58. The molecule has 1 aliphatic carbocycles. The minimum absolute atomic E-state index is 0.0155. The summed E-state index contributed by atoms with van der Waals surface area (Å²) in [6, 6.07) is 0. The number of carbonyl (C=O) groups is 1. The number of anilines is 1. The Morgan fingerprint density at radius 1 is 1.50 bits per heavy atom. The SMILES string of the molecule is Cc1csc(NC(=O)Cc2c[nH]c3c(c2=O)CCC3)n1. The molecule has 2 N–H and O–H groups in total. The lowest BCUT2D eigenvalue weighted by molar-refractivity contribution is -0.115. The van der Waals surface area contributed by atoms with Crippen molar-refractivity contribution in [1.82, 2.24) is 9.97 Å². The van der Waals surface area contributed by atoms with Crippen LogP contribution in [0.25, 0.3) is 0 Å². The molecule has 104 valence electrons. The van der Waals surface area contributed by atoms with Gasteiger partial charge in [0.05, 0.1) is 12.1 Å². The number of nitrogens with zero attached hydrogens (tertiary/aromatic N) is 1. The topological polar surface area (TPSA) is 74.8 Å². The molecule has 0 spiro atoms.